The molecule has 0 saturated carbocycles. The number of rotatable bonds is 0. The average Bonchev–Trinajstić information content (AvgIpc) is 1.80. The highest BCUT2D eigenvalue weighted by Gasteiger charge is 1.95. The molecular weight excluding hydrogens is 139 g/mol. The van der Waals surface area contributed by atoms with E-state index in [1.807, 2.05) is 0 Å². The lowest BCUT2D eigenvalue weighted by molar-refractivity contribution is 0.592. The van der Waals surface area contributed by atoms with E-state index < -0.39 is 5.95 Å². The van der Waals surface area contributed by atoms with E-state index in [2.05, 4.69) is 4.98 Å². The Kier molecular flexibility index (Phi) is 1.71. The maximum atomic E-state index is 12.2. The lowest BCUT2D eigenvalue weighted by atomic mass is 9.99. The number of hydrogen-bond acceptors (Lipinski definition) is 1. The zero-order valence-corrected chi connectivity index (χ0v) is 5.19. The molecule has 0 amide bonds. The maximum absolute atomic E-state index is 12.2. The Morgan fingerprint density at radius 2 is 2.33 bits per heavy atom. The Balaban J connectivity index is 3.17. The number of nitrogens with zero attached hydrogens (tertiary/aromatic N) is 1. The first-order chi connectivity index (χ1) is 4.20. The van der Waals surface area contributed by atoms with Gasteiger partial charge in [-0.25, -0.2) is 4.98 Å². The van der Waals surface area contributed by atoms with Gasteiger partial charge in [-0.2, -0.15) is 4.39 Å². The molecular formula is C5H2BClFN. The van der Waals surface area contributed by atoms with Crippen molar-refractivity contribution in [2.24, 2.45) is 0 Å². The summed E-state index contributed by atoms with van der Waals surface area (Å²) in [5.74, 6) is -0.681. The molecule has 44 valence electrons. The first-order valence-electron chi connectivity index (χ1n) is 2.26. The molecule has 1 nitrogen and oxygen atoms in total. The van der Waals surface area contributed by atoms with Gasteiger partial charge in [0.05, 0.1) is 5.02 Å². The number of hydrogen-bond donors (Lipinski definition) is 0. The van der Waals surface area contributed by atoms with Crippen LogP contribution in [0.3, 0.4) is 0 Å². The van der Waals surface area contributed by atoms with E-state index in [1.54, 1.807) is 0 Å². The molecule has 0 atom stereocenters. The van der Waals surface area contributed by atoms with E-state index >= 15 is 0 Å². The molecule has 0 bridgehead atoms. The van der Waals surface area contributed by atoms with Crippen molar-refractivity contribution in [3.05, 3.63) is 23.2 Å². The number of halogens is 2. The van der Waals surface area contributed by atoms with Crippen LogP contribution in [0.5, 0.6) is 0 Å². The second kappa shape index (κ2) is 2.35. The van der Waals surface area contributed by atoms with Crippen LogP contribution < -0.4 is 5.46 Å². The first kappa shape index (κ1) is 6.55. The summed E-state index contributed by atoms with van der Waals surface area (Å²) in [4.78, 5) is 3.25. The van der Waals surface area contributed by atoms with Gasteiger partial charge in [0, 0.05) is 6.20 Å². The number of pyridine rings is 1. The fourth-order valence-corrected chi connectivity index (χ4v) is 0.605. The summed E-state index contributed by atoms with van der Waals surface area (Å²) in [5, 5.41) is 0.342. The van der Waals surface area contributed by atoms with Crippen LogP contribution in [-0.2, 0) is 0 Å². The van der Waals surface area contributed by atoms with E-state index in [0.717, 1.165) is 0 Å². The fraction of sp³-hybridized carbons (Fsp3) is 0. The fourth-order valence-electron chi connectivity index (χ4n) is 0.438. The smallest absolute Gasteiger partial charge is 0.205 e. The minimum absolute atomic E-state index is 0.0255. The predicted molar refractivity (Wildman–Crippen MR) is 34.6 cm³/mol. The van der Waals surface area contributed by atoms with Gasteiger partial charge in [-0.15, -0.1) is 0 Å². The molecule has 1 rings (SSSR count). The minimum atomic E-state index is -0.681. The average molecular weight is 141 g/mol. The Bertz CT molecular complexity index is 228. The van der Waals surface area contributed by atoms with Gasteiger partial charge >= 0.3 is 0 Å². The molecule has 0 saturated heterocycles. The summed E-state index contributed by atoms with van der Waals surface area (Å²) in [6.07, 6.45) is 1.20. The van der Waals surface area contributed by atoms with Crippen LogP contribution in [0.25, 0.3) is 0 Å². The number of aromatic nitrogens is 1. The molecule has 9 heavy (non-hydrogen) atoms. The Labute approximate surface area is 58.3 Å². The van der Waals surface area contributed by atoms with E-state index in [1.165, 1.54) is 12.3 Å². The third-order valence-corrected chi connectivity index (χ3v) is 1.04. The van der Waals surface area contributed by atoms with Crippen LogP contribution in [0.1, 0.15) is 0 Å². The summed E-state index contributed by atoms with van der Waals surface area (Å²) in [6, 6.07) is 1.31. The highest BCUT2D eigenvalue weighted by Crippen LogP contribution is 2.01. The Morgan fingerprint density at radius 1 is 1.67 bits per heavy atom. The first-order valence-corrected chi connectivity index (χ1v) is 2.64. The largest absolute Gasteiger partial charge is 0.227 e. The van der Waals surface area contributed by atoms with Gasteiger partial charge in [0.15, 0.2) is 0 Å². The molecule has 0 fully saturated rings. The zero-order valence-electron chi connectivity index (χ0n) is 4.44. The van der Waals surface area contributed by atoms with Crippen molar-refractivity contribution in [2.75, 3.05) is 0 Å². The molecule has 1 aromatic rings. The summed E-state index contributed by atoms with van der Waals surface area (Å²) >= 11 is 5.41. The van der Waals surface area contributed by atoms with E-state index in [9.17, 15) is 4.39 Å². The summed E-state index contributed by atoms with van der Waals surface area (Å²) in [7, 11) is 5.10. The zero-order chi connectivity index (χ0) is 6.85. The third kappa shape index (κ3) is 1.42. The van der Waals surface area contributed by atoms with Crippen LogP contribution in [-0.4, -0.2) is 12.8 Å². The highest BCUT2D eigenvalue weighted by atomic mass is 35.5. The second-order valence-electron chi connectivity index (χ2n) is 1.53. The SMILES string of the molecule is [B]c1cc(Cl)cnc1F. The quantitative estimate of drug-likeness (QED) is 0.382. The molecule has 0 aliphatic heterocycles. The van der Waals surface area contributed by atoms with Crippen molar-refractivity contribution < 1.29 is 4.39 Å². The van der Waals surface area contributed by atoms with Crippen molar-refractivity contribution in [1.29, 1.82) is 0 Å². The van der Waals surface area contributed by atoms with Gasteiger partial charge in [0.2, 0.25) is 5.95 Å². The topological polar surface area (TPSA) is 12.9 Å². The van der Waals surface area contributed by atoms with Crippen LogP contribution in [0.15, 0.2) is 12.3 Å². The van der Waals surface area contributed by atoms with E-state index in [0.29, 0.717) is 5.02 Å². The highest BCUT2D eigenvalue weighted by molar-refractivity contribution is 6.35. The van der Waals surface area contributed by atoms with Crippen LogP contribution in [0.2, 0.25) is 5.02 Å². The van der Waals surface area contributed by atoms with Crippen molar-refractivity contribution in [1.82, 2.24) is 4.98 Å². The Morgan fingerprint density at radius 3 is 2.78 bits per heavy atom. The van der Waals surface area contributed by atoms with Crippen molar-refractivity contribution in [3.63, 3.8) is 0 Å². The van der Waals surface area contributed by atoms with Gasteiger partial charge < -0.3 is 0 Å². The molecule has 2 radical (unpaired) electrons. The molecule has 0 aromatic carbocycles. The minimum Gasteiger partial charge on any atom is -0.227 e. The third-order valence-electron chi connectivity index (χ3n) is 0.833. The van der Waals surface area contributed by atoms with Crippen LogP contribution >= 0.6 is 11.6 Å². The van der Waals surface area contributed by atoms with Gasteiger partial charge in [0.25, 0.3) is 0 Å². The lowest BCUT2D eigenvalue weighted by Gasteiger charge is -1.92. The van der Waals surface area contributed by atoms with Gasteiger partial charge in [-0.1, -0.05) is 11.6 Å². The molecule has 1 aromatic heterocycles. The molecule has 4 heteroatoms. The molecule has 0 aliphatic carbocycles. The molecule has 0 N–H and O–H groups in total. The summed E-state index contributed by atoms with van der Waals surface area (Å²) in [5.41, 5.74) is -0.0255. The molecule has 1 heterocycles. The van der Waals surface area contributed by atoms with Crippen molar-refractivity contribution >= 4 is 24.9 Å². The van der Waals surface area contributed by atoms with E-state index in [-0.39, 0.29) is 5.46 Å². The van der Waals surface area contributed by atoms with Crippen molar-refractivity contribution in [2.45, 2.75) is 0 Å². The summed E-state index contributed by atoms with van der Waals surface area (Å²) < 4.78 is 12.2. The summed E-state index contributed by atoms with van der Waals surface area (Å²) in [6.45, 7) is 0. The standard InChI is InChI=1S/C5H2BClFN/c6-4-1-3(7)2-9-5(4)8/h1-2H. The molecule has 0 aliphatic rings. The van der Waals surface area contributed by atoms with Gasteiger partial charge in [-0.3, -0.25) is 0 Å². The van der Waals surface area contributed by atoms with E-state index in [4.69, 9.17) is 19.4 Å². The lowest BCUT2D eigenvalue weighted by Crippen LogP contribution is -2.09. The van der Waals surface area contributed by atoms with Crippen LogP contribution in [0, 0.1) is 5.95 Å². The van der Waals surface area contributed by atoms with Crippen molar-refractivity contribution in [3.8, 4) is 0 Å². The normalized spacial score (nSPS) is 9.56. The van der Waals surface area contributed by atoms with Crippen LogP contribution in [0.4, 0.5) is 4.39 Å². The monoisotopic (exact) mass is 141 g/mol. The molecule has 0 unspecified atom stereocenters. The predicted octanol–water partition coefficient (Wildman–Crippen LogP) is 0.668. The van der Waals surface area contributed by atoms with Gasteiger partial charge in [0.1, 0.15) is 7.85 Å². The van der Waals surface area contributed by atoms with Gasteiger partial charge in [-0.05, 0) is 11.5 Å². The Hall–Kier alpha value is -0.565. The molecule has 0 spiro atoms. The maximum Gasteiger partial charge on any atom is 0.205 e. The second-order valence-corrected chi connectivity index (χ2v) is 1.97.